The van der Waals surface area contributed by atoms with Gasteiger partial charge in [-0.15, -0.1) is 0 Å². The van der Waals surface area contributed by atoms with Crippen molar-refractivity contribution in [1.82, 2.24) is 0 Å². The fourth-order valence-electron chi connectivity index (χ4n) is 3.52. The largest absolute Gasteiger partial charge is 0.399 e. The number of benzene rings is 1. The Balaban J connectivity index is 1.74. The smallest absolute Gasteiger partial charge is 0.0416 e. The van der Waals surface area contributed by atoms with Crippen LogP contribution in [0.5, 0.6) is 0 Å². The predicted molar refractivity (Wildman–Crippen MR) is 73.3 cm³/mol. The summed E-state index contributed by atoms with van der Waals surface area (Å²) in [5.74, 6) is 0. The normalized spacial score (nSPS) is 22.5. The molecule has 1 aromatic carbocycles. The van der Waals surface area contributed by atoms with Gasteiger partial charge in [-0.05, 0) is 37.5 Å². The summed E-state index contributed by atoms with van der Waals surface area (Å²) in [5.41, 5.74) is 10.1. The number of nitrogens with two attached hydrogens (primary N) is 1. The van der Waals surface area contributed by atoms with Crippen molar-refractivity contribution in [2.75, 3.05) is 23.7 Å². The fraction of sp³-hybridized carbons (Fsp3) is 0.600. The first-order valence-corrected chi connectivity index (χ1v) is 6.80. The molecule has 1 saturated carbocycles. The summed E-state index contributed by atoms with van der Waals surface area (Å²) in [6, 6.07) is 6.26. The van der Waals surface area contributed by atoms with Crippen molar-refractivity contribution in [3.63, 3.8) is 0 Å². The molecule has 2 heteroatoms. The molecule has 1 aliphatic carbocycles. The molecule has 0 unspecified atom stereocenters. The summed E-state index contributed by atoms with van der Waals surface area (Å²) in [5, 5.41) is 0. The van der Waals surface area contributed by atoms with E-state index < -0.39 is 0 Å². The average molecular weight is 230 g/mol. The van der Waals surface area contributed by atoms with E-state index in [9.17, 15) is 0 Å². The third kappa shape index (κ3) is 1.90. The SMILES string of the molecule is Cc1ccc(N)cc1N1CC2(CCCCC2)C1. The lowest BCUT2D eigenvalue weighted by atomic mass is 9.68. The zero-order valence-corrected chi connectivity index (χ0v) is 10.7. The van der Waals surface area contributed by atoms with Crippen LogP contribution in [-0.2, 0) is 0 Å². The molecule has 3 rings (SSSR count). The number of nitrogens with zero attached hydrogens (tertiary/aromatic N) is 1. The van der Waals surface area contributed by atoms with E-state index in [1.807, 2.05) is 6.07 Å². The van der Waals surface area contributed by atoms with Crippen LogP contribution < -0.4 is 10.6 Å². The Kier molecular flexibility index (Phi) is 2.53. The minimum atomic E-state index is 0.648. The lowest BCUT2D eigenvalue weighted by Crippen LogP contribution is -2.57. The summed E-state index contributed by atoms with van der Waals surface area (Å²) in [6.07, 6.45) is 7.18. The Morgan fingerprint density at radius 2 is 1.82 bits per heavy atom. The highest BCUT2D eigenvalue weighted by Crippen LogP contribution is 2.46. The van der Waals surface area contributed by atoms with Crippen molar-refractivity contribution in [2.24, 2.45) is 5.41 Å². The summed E-state index contributed by atoms with van der Waals surface area (Å²) < 4.78 is 0. The number of anilines is 2. The Labute approximate surface area is 104 Å². The second kappa shape index (κ2) is 3.94. The lowest BCUT2D eigenvalue weighted by Gasteiger charge is -2.54. The van der Waals surface area contributed by atoms with Crippen LogP contribution in [0, 0.1) is 12.3 Å². The molecule has 2 fully saturated rings. The van der Waals surface area contributed by atoms with Gasteiger partial charge in [-0.25, -0.2) is 0 Å². The van der Waals surface area contributed by atoms with Gasteiger partial charge in [0.25, 0.3) is 0 Å². The summed E-state index contributed by atoms with van der Waals surface area (Å²) in [4.78, 5) is 2.51. The van der Waals surface area contributed by atoms with Gasteiger partial charge in [0.05, 0.1) is 0 Å². The second-order valence-corrected chi connectivity index (χ2v) is 5.96. The van der Waals surface area contributed by atoms with Crippen molar-refractivity contribution in [3.05, 3.63) is 23.8 Å². The molecular formula is C15H22N2. The lowest BCUT2D eigenvalue weighted by molar-refractivity contribution is 0.139. The number of nitrogen functional groups attached to an aromatic ring is 1. The van der Waals surface area contributed by atoms with Crippen LogP contribution in [0.4, 0.5) is 11.4 Å². The third-order valence-electron chi connectivity index (χ3n) is 4.54. The first kappa shape index (κ1) is 10.9. The van der Waals surface area contributed by atoms with Gasteiger partial charge in [0.15, 0.2) is 0 Å². The Bertz CT molecular complexity index is 411. The molecule has 2 aliphatic rings. The standard InChI is InChI=1S/C15H22N2/c1-12-5-6-13(16)9-14(12)17-10-15(11-17)7-3-2-4-8-15/h5-6,9H,2-4,7-8,10-11,16H2,1H3. The number of hydrogen-bond acceptors (Lipinski definition) is 2. The Morgan fingerprint density at radius 3 is 2.53 bits per heavy atom. The maximum Gasteiger partial charge on any atom is 0.0416 e. The molecule has 2 N–H and O–H groups in total. The second-order valence-electron chi connectivity index (χ2n) is 5.96. The van der Waals surface area contributed by atoms with Crippen molar-refractivity contribution in [3.8, 4) is 0 Å². The highest BCUT2D eigenvalue weighted by molar-refractivity contribution is 5.62. The van der Waals surface area contributed by atoms with E-state index in [0.29, 0.717) is 5.41 Å². The molecular weight excluding hydrogens is 208 g/mol. The summed E-state index contributed by atoms with van der Waals surface area (Å²) >= 11 is 0. The van der Waals surface area contributed by atoms with Gasteiger partial charge in [-0.2, -0.15) is 0 Å². The zero-order valence-electron chi connectivity index (χ0n) is 10.7. The molecule has 0 radical (unpaired) electrons. The monoisotopic (exact) mass is 230 g/mol. The van der Waals surface area contributed by atoms with E-state index in [1.54, 1.807) is 0 Å². The molecule has 1 heterocycles. The summed E-state index contributed by atoms with van der Waals surface area (Å²) in [7, 11) is 0. The number of rotatable bonds is 1. The summed E-state index contributed by atoms with van der Waals surface area (Å²) in [6.45, 7) is 4.68. The molecule has 2 nitrogen and oxygen atoms in total. The zero-order chi connectivity index (χ0) is 11.9. The molecule has 0 amide bonds. The van der Waals surface area contributed by atoms with Gasteiger partial charge in [0, 0.05) is 29.9 Å². The van der Waals surface area contributed by atoms with Crippen LogP contribution >= 0.6 is 0 Å². The van der Waals surface area contributed by atoms with E-state index in [2.05, 4.69) is 24.0 Å². The predicted octanol–water partition coefficient (Wildman–Crippen LogP) is 3.35. The van der Waals surface area contributed by atoms with E-state index in [-0.39, 0.29) is 0 Å². The molecule has 0 aromatic heterocycles. The minimum Gasteiger partial charge on any atom is -0.399 e. The van der Waals surface area contributed by atoms with E-state index in [1.165, 1.54) is 56.4 Å². The van der Waals surface area contributed by atoms with Crippen molar-refractivity contribution < 1.29 is 0 Å². The van der Waals surface area contributed by atoms with Crippen molar-refractivity contribution in [2.45, 2.75) is 39.0 Å². The van der Waals surface area contributed by atoms with Gasteiger partial charge >= 0.3 is 0 Å². The van der Waals surface area contributed by atoms with Crippen LogP contribution in [0.1, 0.15) is 37.7 Å². The minimum absolute atomic E-state index is 0.648. The topological polar surface area (TPSA) is 29.3 Å². The molecule has 92 valence electrons. The highest BCUT2D eigenvalue weighted by Gasteiger charge is 2.43. The van der Waals surface area contributed by atoms with E-state index in [4.69, 9.17) is 5.73 Å². The van der Waals surface area contributed by atoms with Crippen molar-refractivity contribution >= 4 is 11.4 Å². The number of aryl methyl sites for hydroxylation is 1. The van der Waals surface area contributed by atoms with Crippen molar-refractivity contribution in [1.29, 1.82) is 0 Å². The first-order valence-electron chi connectivity index (χ1n) is 6.80. The molecule has 1 saturated heterocycles. The molecule has 1 aromatic rings. The fourth-order valence-corrected chi connectivity index (χ4v) is 3.52. The molecule has 17 heavy (non-hydrogen) atoms. The van der Waals surface area contributed by atoms with Crippen LogP contribution in [-0.4, -0.2) is 13.1 Å². The molecule has 0 bridgehead atoms. The Morgan fingerprint density at radius 1 is 1.12 bits per heavy atom. The highest BCUT2D eigenvalue weighted by atomic mass is 15.2. The quantitative estimate of drug-likeness (QED) is 0.750. The third-order valence-corrected chi connectivity index (χ3v) is 4.54. The Hall–Kier alpha value is -1.18. The van der Waals surface area contributed by atoms with Gasteiger partial charge in [0.2, 0.25) is 0 Å². The van der Waals surface area contributed by atoms with Crippen LogP contribution in [0.2, 0.25) is 0 Å². The van der Waals surface area contributed by atoms with Gasteiger partial charge in [-0.1, -0.05) is 25.3 Å². The van der Waals surface area contributed by atoms with Gasteiger partial charge < -0.3 is 10.6 Å². The molecule has 0 atom stereocenters. The van der Waals surface area contributed by atoms with Crippen LogP contribution in [0.15, 0.2) is 18.2 Å². The van der Waals surface area contributed by atoms with E-state index in [0.717, 1.165) is 5.69 Å². The molecule has 1 aliphatic heterocycles. The number of hydrogen-bond donors (Lipinski definition) is 1. The van der Waals surface area contributed by atoms with Crippen LogP contribution in [0.3, 0.4) is 0 Å². The maximum absolute atomic E-state index is 5.89. The molecule has 1 spiro atoms. The maximum atomic E-state index is 5.89. The average Bonchev–Trinajstić information content (AvgIpc) is 2.30. The first-order chi connectivity index (χ1) is 8.19. The van der Waals surface area contributed by atoms with Crippen LogP contribution in [0.25, 0.3) is 0 Å². The van der Waals surface area contributed by atoms with Gasteiger partial charge in [-0.3, -0.25) is 0 Å². The van der Waals surface area contributed by atoms with Gasteiger partial charge in [0.1, 0.15) is 0 Å². The van der Waals surface area contributed by atoms with E-state index >= 15 is 0 Å².